The first-order chi connectivity index (χ1) is 12.3. The van der Waals surface area contributed by atoms with E-state index in [4.69, 9.17) is 15.6 Å². The van der Waals surface area contributed by atoms with Crippen molar-refractivity contribution in [2.75, 3.05) is 13.2 Å². The van der Waals surface area contributed by atoms with Crippen molar-refractivity contribution in [1.29, 1.82) is 0 Å². The van der Waals surface area contributed by atoms with Crippen molar-refractivity contribution < 1.29 is 29.0 Å². The first-order valence-electron chi connectivity index (χ1n) is 8.08. The van der Waals surface area contributed by atoms with Crippen LogP contribution in [0.4, 0.5) is 0 Å². The van der Waals surface area contributed by atoms with Crippen molar-refractivity contribution in [1.82, 2.24) is 10.6 Å². The molecule has 0 unspecified atom stereocenters. The Bertz CT molecular complexity index is 635. The zero-order valence-electron chi connectivity index (χ0n) is 14.4. The fourth-order valence-electron chi connectivity index (χ4n) is 2.11. The molecule has 0 aliphatic carbocycles. The third kappa shape index (κ3) is 7.75. The van der Waals surface area contributed by atoms with Gasteiger partial charge in [-0.3, -0.25) is 19.2 Å². The smallest absolute Gasteiger partial charge is 0.325 e. The summed E-state index contributed by atoms with van der Waals surface area (Å²) in [5, 5.41) is 13.5. The Morgan fingerprint density at radius 2 is 1.81 bits per heavy atom. The van der Waals surface area contributed by atoms with Crippen LogP contribution in [0, 0.1) is 0 Å². The van der Waals surface area contributed by atoms with Gasteiger partial charge in [0.1, 0.15) is 12.6 Å². The highest BCUT2D eigenvalue weighted by Crippen LogP contribution is 2.04. The SMILES string of the molecule is CCOC(=O)CNC(=O)[C@H](Cc1ccccc1)NC(=O)[C@H](N)CC(=O)O. The van der Waals surface area contributed by atoms with Gasteiger partial charge in [0, 0.05) is 6.42 Å². The molecule has 2 atom stereocenters. The van der Waals surface area contributed by atoms with Gasteiger partial charge in [-0.2, -0.15) is 0 Å². The number of ether oxygens (including phenoxy) is 1. The van der Waals surface area contributed by atoms with E-state index in [1.807, 2.05) is 0 Å². The fourth-order valence-corrected chi connectivity index (χ4v) is 2.11. The van der Waals surface area contributed by atoms with Crippen molar-refractivity contribution >= 4 is 23.8 Å². The average molecular weight is 365 g/mol. The second kappa shape index (κ2) is 10.8. The van der Waals surface area contributed by atoms with Gasteiger partial charge in [-0.1, -0.05) is 30.3 Å². The summed E-state index contributed by atoms with van der Waals surface area (Å²) in [6.45, 7) is 1.49. The van der Waals surface area contributed by atoms with Gasteiger partial charge < -0.3 is 26.2 Å². The number of amides is 2. The molecule has 0 bridgehead atoms. The number of nitrogens with two attached hydrogens (primary N) is 1. The number of carbonyl (C=O) groups excluding carboxylic acids is 3. The number of rotatable bonds is 10. The molecule has 0 saturated heterocycles. The third-order valence-electron chi connectivity index (χ3n) is 3.36. The average Bonchev–Trinajstić information content (AvgIpc) is 2.59. The molecule has 142 valence electrons. The van der Waals surface area contributed by atoms with E-state index >= 15 is 0 Å². The highest BCUT2D eigenvalue weighted by Gasteiger charge is 2.25. The molecule has 0 aliphatic heterocycles. The molecule has 1 rings (SSSR count). The zero-order chi connectivity index (χ0) is 19.5. The minimum Gasteiger partial charge on any atom is -0.481 e. The van der Waals surface area contributed by atoms with Crippen molar-refractivity contribution in [2.24, 2.45) is 5.73 Å². The largest absolute Gasteiger partial charge is 0.481 e. The Hall–Kier alpha value is -2.94. The molecule has 9 nitrogen and oxygen atoms in total. The number of carbonyl (C=O) groups is 4. The summed E-state index contributed by atoms with van der Waals surface area (Å²) >= 11 is 0. The molecule has 2 amide bonds. The normalized spacial score (nSPS) is 12.5. The molecule has 0 aliphatic rings. The molecule has 1 aromatic rings. The molecule has 0 heterocycles. The molecule has 0 saturated carbocycles. The predicted octanol–water partition coefficient (Wildman–Crippen LogP) is -0.805. The molecular formula is C17H23N3O6. The van der Waals surface area contributed by atoms with E-state index in [0.717, 1.165) is 5.56 Å². The zero-order valence-corrected chi connectivity index (χ0v) is 14.4. The van der Waals surface area contributed by atoms with E-state index in [9.17, 15) is 19.2 Å². The van der Waals surface area contributed by atoms with Gasteiger partial charge in [0.05, 0.1) is 19.1 Å². The quantitative estimate of drug-likeness (QED) is 0.397. The Balaban J connectivity index is 2.77. The van der Waals surface area contributed by atoms with Crippen molar-refractivity contribution in [3.8, 4) is 0 Å². The molecule has 1 aromatic carbocycles. The second-order valence-corrected chi connectivity index (χ2v) is 5.48. The molecule has 9 heteroatoms. The summed E-state index contributed by atoms with van der Waals surface area (Å²) < 4.78 is 4.73. The first-order valence-corrected chi connectivity index (χ1v) is 8.08. The van der Waals surface area contributed by atoms with Gasteiger partial charge in [0.15, 0.2) is 0 Å². The minimum atomic E-state index is -1.29. The van der Waals surface area contributed by atoms with Gasteiger partial charge in [0.2, 0.25) is 11.8 Å². The standard InChI is InChI=1S/C17H23N3O6/c1-2-26-15(23)10-19-17(25)13(8-11-6-4-3-5-7-11)20-16(24)12(18)9-14(21)22/h3-7,12-13H,2,8-10,18H2,1H3,(H,19,25)(H,20,24)(H,21,22)/t12-,13+/m1/s1. The number of benzene rings is 1. The molecule has 0 spiro atoms. The van der Waals surface area contributed by atoms with Gasteiger partial charge in [0.25, 0.3) is 0 Å². The summed E-state index contributed by atoms with van der Waals surface area (Å²) in [6, 6.07) is 6.61. The van der Waals surface area contributed by atoms with E-state index in [1.165, 1.54) is 0 Å². The summed E-state index contributed by atoms with van der Waals surface area (Å²) in [7, 11) is 0. The van der Waals surface area contributed by atoms with Crippen LogP contribution in [0.2, 0.25) is 0 Å². The van der Waals surface area contributed by atoms with E-state index < -0.39 is 42.3 Å². The van der Waals surface area contributed by atoms with Crippen molar-refractivity contribution in [3.05, 3.63) is 35.9 Å². The van der Waals surface area contributed by atoms with Gasteiger partial charge in [-0.25, -0.2) is 0 Å². The van der Waals surface area contributed by atoms with Crippen LogP contribution in [0.3, 0.4) is 0 Å². The lowest BCUT2D eigenvalue weighted by molar-refractivity contribution is -0.144. The Morgan fingerprint density at radius 1 is 1.15 bits per heavy atom. The Labute approximate surface area is 150 Å². The number of carboxylic acids is 1. The van der Waals surface area contributed by atoms with Crippen LogP contribution in [0.5, 0.6) is 0 Å². The minimum absolute atomic E-state index is 0.154. The molecule has 0 fully saturated rings. The molecule has 5 N–H and O–H groups in total. The van der Waals surface area contributed by atoms with E-state index in [0.29, 0.717) is 0 Å². The van der Waals surface area contributed by atoms with Crippen LogP contribution >= 0.6 is 0 Å². The first kappa shape index (κ1) is 21.1. The number of carboxylic acid groups (broad SMARTS) is 1. The van der Waals surface area contributed by atoms with E-state index in [-0.39, 0.29) is 19.6 Å². The number of nitrogens with one attached hydrogen (secondary N) is 2. The summed E-state index contributed by atoms with van der Waals surface area (Å²) in [6.07, 6.45) is -0.407. The summed E-state index contributed by atoms with van der Waals surface area (Å²) in [4.78, 5) is 46.4. The molecule has 0 aromatic heterocycles. The maximum absolute atomic E-state index is 12.3. The van der Waals surface area contributed by atoms with Gasteiger partial charge in [-0.05, 0) is 12.5 Å². The van der Waals surface area contributed by atoms with Crippen LogP contribution in [0.25, 0.3) is 0 Å². The third-order valence-corrected chi connectivity index (χ3v) is 3.36. The highest BCUT2D eigenvalue weighted by atomic mass is 16.5. The van der Waals surface area contributed by atoms with Crippen LogP contribution in [0.1, 0.15) is 18.9 Å². The number of hydrogen-bond donors (Lipinski definition) is 4. The van der Waals surface area contributed by atoms with Crippen LogP contribution in [0.15, 0.2) is 30.3 Å². The number of hydrogen-bond acceptors (Lipinski definition) is 6. The fraction of sp³-hybridized carbons (Fsp3) is 0.412. The Morgan fingerprint density at radius 3 is 2.38 bits per heavy atom. The second-order valence-electron chi connectivity index (χ2n) is 5.48. The van der Waals surface area contributed by atoms with Crippen LogP contribution in [-0.2, 0) is 30.3 Å². The summed E-state index contributed by atoms with van der Waals surface area (Å²) in [5.41, 5.74) is 6.30. The topological polar surface area (TPSA) is 148 Å². The maximum Gasteiger partial charge on any atom is 0.325 e. The lowest BCUT2D eigenvalue weighted by Crippen LogP contribution is -2.53. The molecular weight excluding hydrogens is 342 g/mol. The van der Waals surface area contributed by atoms with E-state index in [1.54, 1.807) is 37.3 Å². The summed E-state index contributed by atoms with van der Waals surface area (Å²) in [5.74, 6) is -3.19. The maximum atomic E-state index is 12.3. The lowest BCUT2D eigenvalue weighted by Gasteiger charge is -2.20. The molecule has 26 heavy (non-hydrogen) atoms. The monoisotopic (exact) mass is 365 g/mol. The lowest BCUT2D eigenvalue weighted by atomic mass is 10.0. The predicted molar refractivity (Wildman–Crippen MR) is 91.9 cm³/mol. The van der Waals surface area contributed by atoms with Gasteiger partial charge in [-0.15, -0.1) is 0 Å². The molecule has 0 radical (unpaired) electrons. The van der Waals surface area contributed by atoms with Crippen LogP contribution in [-0.4, -0.2) is 54.1 Å². The number of esters is 1. The Kier molecular flexibility index (Phi) is 8.79. The van der Waals surface area contributed by atoms with E-state index in [2.05, 4.69) is 10.6 Å². The number of aliphatic carboxylic acids is 1. The van der Waals surface area contributed by atoms with Crippen LogP contribution < -0.4 is 16.4 Å². The van der Waals surface area contributed by atoms with Gasteiger partial charge >= 0.3 is 11.9 Å². The van der Waals surface area contributed by atoms with Crippen molar-refractivity contribution in [3.63, 3.8) is 0 Å². The highest BCUT2D eigenvalue weighted by molar-refractivity contribution is 5.92. The van der Waals surface area contributed by atoms with Crippen molar-refractivity contribution in [2.45, 2.75) is 31.8 Å².